The van der Waals surface area contributed by atoms with Gasteiger partial charge >= 0.3 is 0 Å². The molecule has 0 spiro atoms. The van der Waals surface area contributed by atoms with Crippen LogP contribution in [0.2, 0.25) is 0 Å². The van der Waals surface area contributed by atoms with E-state index in [4.69, 9.17) is 0 Å². The molecular formula is C23H31N3O3S. The van der Waals surface area contributed by atoms with E-state index >= 15 is 0 Å². The van der Waals surface area contributed by atoms with Gasteiger partial charge in [0.1, 0.15) is 0 Å². The van der Waals surface area contributed by atoms with E-state index in [9.17, 15) is 13.2 Å². The number of nitrogens with one attached hydrogen (secondary N) is 1. The topological polar surface area (TPSA) is 69.7 Å². The highest BCUT2D eigenvalue weighted by Crippen LogP contribution is 2.19. The molecule has 0 saturated carbocycles. The van der Waals surface area contributed by atoms with E-state index in [0.29, 0.717) is 30.8 Å². The zero-order chi connectivity index (χ0) is 21.6. The minimum absolute atomic E-state index is 0.146. The molecule has 0 radical (unpaired) electrons. The van der Waals surface area contributed by atoms with Crippen LogP contribution in [0.15, 0.2) is 59.5 Å². The van der Waals surface area contributed by atoms with Crippen LogP contribution in [0.3, 0.4) is 0 Å². The number of sulfonamides is 1. The summed E-state index contributed by atoms with van der Waals surface area (Å²) >= 11 is 0. The van der Waals surface area contributed by atoms with Gasteiger partial charge in [-0.15, -0.1) is 0 Å². The average Bonchev–Trinajstić information content (AvgIpc) is 3.22. The number of nitrogens with zero attached hydrogens (tertiary/aromatic N) is 2. The normalized spacial score (nSPS) is 16.8. The lowest BCUT2D eigenvalue weighted by Crippen LogP contribution is -2.31. The second-order valence-corrected chi connectivity index (χ2v) is 9.51. The van der Waals surface area contributed by atoms with Crippen molar-refractivity contribution >= 4 is 21.6 Å². The van der Waals surface area contributed by atoms with Crippen molar-refractivity contribution in [1.82, 2.24) is 9.21 Å². The third-order valence-electron chi connectivity index (χ3n) is 5.58. The first-order chi connectivity index (χ1) is 14.4. The van der Waals surface area contributed by atoms with Gasteiger partial charge in [-0.3, -0.25) is 4.79 Å². The summed E-state index contributed by atoms with van der Waals surface area (Å²) in [5.41, 5.74) is 2.05. The molecule has 1 unspecified atom stereocenters. The maximum atomic E-state index is 12.6. The number of carbonyl (C=O) groups is 1. The van der Waals surface area contributed by atoms with E-state index < -0.39 is 10.0 Å². The number of hydrogen-bond donors (Lipinski definition) is 1. The number of para-hydroxylation sites is 1. The van der Waals surface area contributed by atoms with Gasteiger partial charge in [0.2, 0.25) is 15.9 Å². The largest absolute Gasteiger partial charge is 0.380 e. The highest BCUT2D eigenvalue weighted by atomic mass is 32.2. The molecule has 7 heteroatoms. The van der Waals surface area contributed by atoms with Crippen molar-refractivity contribution in [3.63, 3.8) is 0 Å². The number of anilines is 1. The van der Waals surface area contributed by atoms with E-state index in [1.165, 1.54) is 4.31 Å². The molecule has 1 saturated heterocycles. The van der Waals surface area contributed by atoms with Gasteiger partial charge in [-0.2, -0.15) is 4.31 Å². The van der Waals surface area contributed by atoms with E-state index in [0.717, 1.165) is 30.8 Å². The van der Waals surface area contributed by atoms with Crippen LogP contribution in [0, 0.1) is 0 Å². The molecule has 1 fully saturated rings. The van der Waals surface area contributed by atoms with Crippen molar-refractivity contribution in [2.45, 2.75) is 44.0 Å². The predicted octanol–water partition coefficient (Wildman–Crippen LogP) is 3.36. The molecule has 0 aliphatic carbocycles. The summed E-state index contributed by atoms with van der Waals surface area (Å²) in [7, 11) is -3.44. The third kappa shape index (κ3) is 5.40. The molecule has 2 aromatic rings. The highest BCUT2D eigenvalue weighted by molar-refractivity contribution is 7.89. The smallest absolute Gasteiger partial charge is 0.243 e. The van der Waals surface area contributed by atoms with Crippen molar-refractivity contribution in [2.75, 3.05) is 31.5 Å². The van der Waals surface area contributed by atoms with Gasteiger partial charge < -0.3 is 10.2 Å². The van der Waals surface area contributed by atoms with Gasteiger partial charge in [-0.1, -0.05) is 44.2 Å². The molecule has 1 N–H and O–H groups in total. The molecule has 0 aromatic heterocycles. The van der Waals surface area contributed by atoms with E-state index in [1.54, 1.807) is 12.1 Å². The summed E-state index contributed by atoms with van der Waals surface area (Å²) in [6.45, 7) is 6.05. The van der Waals surface area contributed by atoms with Crippen LogP contribution in [0.4, 0.5) is 5.69 Å². The van der Waals surface area contributed by atoms with Crippen LogP contribution in [-0.2, 0) is 21.2 Å². The lowest BCUT2D eigenvalue weighted by molar-refractivity contribution is -0.130. The summed E-state index contributed by atoms with van der Waals surface area (Å²) in [4.78, 5) is 14.8. The minimum atomic E-state index is -3.44. The molecule has 1 atom stereocenters. The standard InChI is InChI=1S/C23H31N3O3S/c1-3-26(4-2)30(28,29)22-13-10-19(11-14-22)12-15-23(27)25-17-16-21(18-25)24-20-8-6-5-7-9-20/h5-11,13-14,21,24H,3-4,12,15-18H2,1-2H3. The molecule has 1 aliphatic heterocycles. The predicted molar refractivity (Wildman–Crippen MR) is 120 cm³/mol. The molecule has 3 rings (SSSR count). The van der Waals surface area contributed by atoms with Crippen molar-refractivity contribution < 1.29 is 13.2 Å². The third-order valence-corrected chi connectivity index (χ3v) is 7.64. The second kappa shape index (κ2) is 10.1. The zero-order valence-electron chi connectivity index (χ0n) is 17.8. The van der Waals surface area contributed by atoms with Crippen molar-refractivity contribution in [3.05, 3.63) is 60.2 Å². The molecular weight excluding hydrogens is 398 g/mol. The quantitative estimate of drug-likeness (QED) is 0.664. The van der Waals surface area contributed by atoms with Crippen LogP contribution in [0.1, 0.15) is 32.3 Å². The van der Waals surface area contributed by atoms with E-state index in [1.807, 2.05) is 61.2 Å². The fourth-order valence-corrected chi connectivity index (χ4v) is 5.28. The lowest BCUT2D eigenvalue weighted by atomic mass is 10.1. The Kier molecular flexibility index (Phi) is 7.50. The first kappa shape index (κ1) is 22.3. The first-order valence-corrected chi connectivity index (χ1v) is 12.1. The number of amides is 1. The Hall–Kier alpha value is -2.38. The molecule has 1 aliphatic rings. The fourth-order valence-electron chi connectivity index (χ4n) is 3.82. The fraction of sp³-hybridized carbons (Fsp3) is 0.435. The number of hydrogen-bond acceptors (Lipinski definition) is 4. The highest BCUT2D eigenvalue weighted by Gasteiger charge is 2.26. The van der Waals surface area contributed by atoms with Gasteiger partial charge in [0.05, 0.1) is 4.90 Å². The summed E-state index contributed by atoms with van der Waals surface area (Å²) < 4.78 is 26.6. The Bertz CT molecular complexity index is 926. The molecule has 1 heterocycles. The Morgan fingerprint density at radius 2 is 1.73 bits per heavy atom. The maximum Gasteiger partial charge on any atom is 0.243 e. The Morgan fingerprint density at radius 1 is 1.07 bits per heavy atom. The molecule has 6 nitrogen and oxygen atoms in total. The second-order valence-electron chi connectivity index (χ2n) is 7.57. The maximum absolute atomic E-state index is 12.6. The van der Waals surface area contributed by atoms with Crippen LogP contribution >= 0.6 is 0 Å². The van der Waals surface area contributed by atoms with Crippen LogP contribution in [0.5, 0.6) is 0 Å². The Morgan fingerprint density at radius 3 is 2.37 bits per heavy atom. The summed E-state index contributed by atoms with van der Waals surface area (Å²) in [5.74, 6) is 0.146. The first-order valence-electron chi connectivity index (χ1n) is 10.6. The van der Waals surface area contributed by atoms with Crippen LogP contribution < -0.4 is 5.32 Å². The Labute approximate surface area is 179 Å². The van der Waals surface area contributed by atoms with Gasteiger partial charge in [-0.25, -0.2) is 8.42 Å². The van der Waals surface area contributed by atoms with E-state index in [2.05, 4.69) is 5.32 Å². The zero-order valence-corrected chi connectivity index (χ0v) is 18.6. The van der Waals surface area contributed by atoms with Crippen LogP contribution in [-0.4, -0.2) is 55.8 Å². The van der Waals surface area contributed by atoms with Gasteiger partial charge in [-0.05, 0) is 42.7 Å². The van der Waals surface area contributed by atoms with Crippen molar-refractivity contribution in [2.24, 2.45) is 0 Å². The molecule has 30 heavy (non-hydrogen) atoms. The lowest BCUT2D eigenvalue weighted by Gasteiger charge is -2.19. The monoisotopic (exact) mass is 429 g/mol. The summed E-state index contributed by atoms with van der Waals surface area (Å²) in [5, 5.41) is 3.48. The SMILES string of the molecule is CCN(CC)S(=O)(=O)c1ccc(CCC(=O)N2CCC(Nc3ccccc3)C2)cc1. The molecule has 1 amide bonds. The number of carbonyl (C=O) groups excluding carboxylic acids is 1. The average molecular weight is 430 g/mol. The van der Waals surface area contributed by atoms with E-state index in [-0.39, 0.29) is 11.9 Å². The molecule has 162 valence electrons. The van der Waals surface area contributed by atoms with Gasteiger partial charge in [0, 0.05) is 44.3 Å². The number of benzene rings is 2. The van der Waals surface area contributed by atoms with Crippen molar-refractivity contribution in [3.8, 4) is 0 Å². The Balaban J connectivity index is 1.50. The molecule has 2 aromatic carbocycles. The summed E-state index contributed by atoms with van der Waals surface area (Å²) in [6.07, 6.45) is 1.98. The minimum Gasteiger partial charge on any atom is -0.380 e. The number of aryl methyl sites for hydroxylation is 1. The number of rotatable bonds is 9. The summed E-state index contributed by atoms with van der Waals surface area (Å²) in [6, 6.07) is 17.2. The molecule has 0 bridgehead atoms. The van der Waals surface area contributed by atoms with Gasteiger partial charge in [0.25, 0.3) is 0 Å². The van der Waals surface area contributed by atoms with Crippen molar-refractivity contribution in [1.29, 1.82) is 0 Å². The number of likely N-dealkylation sites (tertiary alicyclic amines) is 1. The van der Waals surface area contributed by atoms with Gasteiger partial charge in [0.15, 0.2) is 0 Å². The van der Waals surface area contributed by atoms with Crippen LogP contribution in [0.25, 0.3) is 0 Å².